The number of ketones is 1. The van der Waals surface area contributed by atoms with E-state index in [1.54, 1.807) is 11.4 Å². The van der Waals surface area contributed by atoms with Crippen molar-refractivity contribution in [1.82, 2.24) is 4.98 Å². The Labute approximate surface area is 110 Å². The molecular weight excluding hydrogens is 310 g/mol. The van der Waals surface area contributed by atoms with Gasteiger partial charge in [-0.2, -0.15) is 0 Å². The van der Waals surface area contributed by atoms with Crippen LogP contribution in [0.1, 0.15) is 17.4 Å². The third-order valence-corrected chi connectivity index (χ3v) is 3.72. The van der Waals surface area contributed by atoms with Crippen molar-refractivity contribution in [1.29, 1.82) is 0 Å². The van der Waals surface area contributed by atoms with Gasteiger partial charge in [0.25, 0.3) is 0 Å². The van der Waals surface area contributed by atoms with Gasteiger partial charge < -0.3 is 0 Å². The molecule has 1 aromatic carbocycles. The first kappa shape index (κ1) is 11.8. The van der Waals surface area contributed by atoms with Gasteiger partial charge in [-0.05, 0) is 18.2 Å². The van der Waals surface area contributed by atoms with E-state index in [0.717, 1.165) is 15.0 Å². The number of hydrogen-bond acceptors (Lipinski definition) is 3. The summed E-state index contributed by atoms with van der Waals surface area (Å²) >= 11 is 10.9. The number of benzene rings is 1. The van der Waals surface area contributed by atoms with Crippen LogP contribution >= 0.6 is 38.9 Å². The van der Waals surface area contributed by atoms with Crippen LogP contribution in [0.2, 0.25) is 5.02 Å². The molecule has 2 nitrogen and oxygen atoms in total. The SMILES string of the molecule is CC(=O)c1csc(-c2cc(Br)ccc2Cl)n1. The van der Waals surface area contributed by atoms with E-state index >= 15 is 0 Å². The van der Waals surface area contributed by atoms with Gasteiger partial charge in [-0.25, -0.2) is 4.98 Å². The maximum Gasteiger partial charge on any atom is 0.178 e. The maximum absolute atomic E-state index is 11.1. The zero-order valence-corrected chi connectivity index (χ0v) is 11.5. The Morgan fingerprint density at radius 2 is 2.25 bits per heavy atom. The summed E-state index contributed by atoms with van der Waals surface area (Å²) in [4.78, 5) is 15.4. The lowest BCUT2D eigenvalue weighted by atomic mass is 10.2. The van der Waals surface area contributed by atoms with Gasteiger partial charge >= 0.3 is 0 Å². The number of hydrogen-bond donors (Lipinski definition) is 0. The molecule has 0 amide bonds. The lowest BCUT2D eigenvalue weighted by Gasteiger charge is -2.00. The monoisotopic (exact) mass is 315 g/mol. The van der Waals surface area contributed by atoms with Crippen molar-refractivity contribution in [2.75, 3.05) is 0 Å². The third-order valence-electron chi connectivity index (χ3n) is 2.02. The van der Waals surface area contributed by atoms with Crippen LogP contribution in [0.3, 0.4) is 0 Å². The maximum atomic E-state index is 11.1. The molecule has 0 fully saturated rings. The zero-order chi connectivity index (χ0) is 11.7. The van der Waals surface area contributed by atoms with Gasteiger partial charge in [-0.1, -0.05) is 27.5 Å². The molecule has 1 aromatic heterocycles. The molecule has 2 rings (SSSR count). The second kappa shape index (κ2) is 4.65. The van der Waals surface area contributed by atoms with Crippen LogP contribution in [0, 0.1) is 0 Å². The summed E-state index contributed by atoms with van der Waals surface area (Å²) in [5.41, 5.74) is 1.32. The highest BCUT2D eigenvalue weighted by molar-refractivity contribution is 9.10. The number of rotatable bonds is 2. The molecule has 0 bridgehead atoms. The highest BCUT2D eigenvalue weighted by atomic mass is 79.9. The van der Waals surface area contributed by atoms with Crippen molar-refractivity contribution >= 4 is 44.7 Å². The molecule has 0 aliphatic heterocycles. The molecule has 16 heavy (non-hydrogen) atoms. The van der Waals surface area contributed by atoms with E-state index in [1.807, 2.05) is 12.1 Å². The second-order valence-corrected chi connectivity index (χ2v) is 5.40. The zero-order valence-electron chi connectivity index (χ0n) is 8.33. The quantitative estimate of drug-likeness (QED) is 0.767. The Morgan fingerprint density at radius 1 is 1.50 bits per heavy atom. The Morgan fingerprint density at radius 3 is 2.88 bits per heavy atom. The highest BCUT2D eigenvalue weighted by Crippen LogP contribution is 2.32. The molecule has 0 radical (unpaired) electrons. The summed E-state index contributed by atoms with van der Waals surface area (Å²) in [6.07, 6.45) is 0. The molecule has 5 heteroatoms. The van der Waals surface area contributed by atoms with E-state index in [0.29, 0.717) is 10.7 Å². The van der Waals surface area contributed by atoms with Gasteiger partial charge in [0.1, 0.15) is 10.7 Å². The molecular formula is C11H7BrClNOS. The first-order valence-corrected chi connectivity index (χ1v) is 6.55. The minimum absolute atomic E-state index is 0.0337. The molecule has 0 N–H and O–H groups in total. The number of halogens is 2. The highest BCUT2D eigenvalue weighted by Gasteiger charge is 2.11. The number of Topliss-reactive ketones (excluding diaryl/α,β-unsaturated/α-hetero) is 1. The first-order chi connectivity index (χ1) is 7.58. The van der Waals surface area contributed by atoms with Gasteiger partial charge in [0, 0.05) is 22.3 Å². The largest absolute Gasteiger partial charge is 0.293 e. The molecule has 0 unspecified atom stereocenters. The average Bonchev–Trinajstić information content (AvgIpc) is 2.70. The predicted octanol–water partition coefficient (Wildman–Crippen LogP) is 4.43. The van der Waals surface area contributed by atoms with E-state index < -0.39 is 0 Å². The summed E-state index contributed by atoms with van der Waals surface area (Å²) in [5.74, 6) is -0.0337. The summed E-state index contributed by atoms with van der Waals surface area (Å²) < 4.78 is 0.937. The molecule has 0 saturated carbocycles. The lowest BCUT2D eigenvalue weighted by Crippen LogP contribution is -1.91. The summed E-state index contributed by atoms with van der Waals surface area (Å²) in [6, 6.07) is 5.56. The number of carbonyl (C=O) groups excluding carboxylic acids is 1. The van der Waals surface area contributed by atoms with Gasteiger partial charge in [0.15, 0.2) is 5.78 Å². The van der Waals surface area contributed by atoms with Gasteiger partial charge in [-0.3, -0.25) is 4.79 Å². The van der Waals surface area contributed by atoms with Gasteiger partial charge in [0.2, 0.25) is 0 Å². The summed E-state index contributed by atoms with van der Waals surface area (Å²) in [5, 5.41) is 3.14. The average molecular weight is 317 g/mol. The molecule has 0 saturated heterocycles. The van der Waals surface area contributed by atoms with Crippen LogP contribution in [-0.2, 0) is 0 Å². The molecule has 0 aliphatic rings. The summed E-state index contributed by atoms with van der Waals surface area (Å²) in [7, 11) is 0. The summed E-state index contributed by atoms with van der Waals surface area (Å²) in [6.45, 7) is 1.50. The van der Waals surface area contributed by atoms with Crippen LogP contribution in [0.5, 0.6) is 0 Å². The number of carbonyl (C=O) groups is 1. The minimum Gasteiger partial charge on any atom is -0.293 e. The topological polar surface area (TPSA) is 30.0 Å². The third kappa shape index (κ3) is 2.34. The Bertz CT molecular complexity index is 553. The van der Waals surface area contributed by atoms with Gasteiger partial charge in [-0.15, -0.1) is 11.3 Å². The fraction of sp³-hybridized carbons (Fsp3) is 0.0909. The fourth-order valence-corrected chi connectivity index (χ4v) is 2.73. The van der Waals surface area contributed by atoms with E-state index in [9.17, 15) is 4.79 Å². The van der Waals surface area contributed by atoms with E-state index in [1.165, 1.54) is 18.3 Å². The van der Waals surface area contributed by atoms with E-state index in [4.69, 9.17) is 11.6 Å². The van der Waals surface area contributed by atoms with Crippen LogP contribution < -0.4 is 0 Å². The molecule has 2 aromatic rings. The van der Waals surface area contributed by atoms with Crippen LogP contribution in [0.4, 0.5) is 0 Å². The van der Waals surface area contributed by atoms with Crippen molar-refractivity contribution in [2.45, 2.75) is 6.92 Å². The molecule has 0 spiro atoms. The van der Waals surface area contributed by atoms with Crippen molar-refractivity contribution in [2.24, 2.45) is 0 Å². The van der Waals surface area contributed by atoms with Crippen molar-refractivity contribution in [3.05, 3.63) is 38.8 Å². The normalized spacial score (nSPS) is 10.4. The lowest BCUT2D eigenvalue weighted by molar-refractivity contribution is 0.101. The van der Waals surface area contributed by atoms with Crippen LogP contribution in [0.25, 0.3) is 10.6 Å². The van der Waals surface area contributed by atoms with E-state index in [-0.39, 0.29) is 5.78 Å². The van der Waals surface area contributed by atoms with Crippen LogP contribution in [-0.4, -0.2) is 10.8 Å². The Balaban J connectivity index is 2.50. The van der Waals surface area contributed by atoms with Crippen molar-refractivity contribution < 1.29 is 4.79 Å². The molecule has 82 valence electrons. The van der Waals surface area contributed by atoms with Gasteiger partial charge in [0.05, 0.1) is 5.02 Å². The first-order valence-electron chi connectivity index (χ1n) is 4.50. The minimum atomic E-state index is -0.0337. The van der Waals surface area contributed by atoms with Crippen molar-refractivity contribution in [3.8, 4) is 10.6 Å². The number of aromatic nitrogens is 1. The Hall–Kier alpha value is -0.710. The Kier molecular flexibility index (Phi) is 3.42. The molecule has 0 atom stereocenters. The van der Waals surface area contributed by atoms with Crippen LogP contribution in [0.15, 0.2) is 28.1 Å². The fourth-order valence-electron chi connectivity index (χ4n) is 1.22. The van der Waals surface area contributed by atoms with Crippen molar-refractivity contribution in [3.63, 3.8) is 0 Å². The van der Waals surface area contributed by atoms with E-state index in [2.05, 4.69) is 20.9 Å². The molecule has 1 heterocycles. The molecule has 0 aliphatic carbocycles. The standard InChI is InChI=1S/C11H7BrClNOS/c1-6(15)10-5-16-11(14-10)8-4-7(12)2-3-9(8)13/h2-5H,1H3. The number of thiazole rings is 1. The second-order valence-electron chi connectivity index (χ2n) is 3.22. The predicted molar refractivity (Wildman–Crippen MR) is 70.3 cm³/mol. The smallest absolute Gasteiger partial charge is 0.178 e. The number of nitrogens with zero attached hydrogens (tertiary/aromatic N) is 1.